The SMILES string of the molecule is Ic1nc(-c2ccccc2)cc(-c2ccc(-c3cccc4sc5ccccc5c34)cc2)n1. The molecule has 0 fully saturated rings. The first kappa shape index (κ1) is 19.6. The maximum Gasteiger partial charge on any atom is 0.191 e. The highest BCUT2D eigenvalue weighted by molar-refractivity contribution is 14.1. The number of thiophene rings is 1. The zero-order chi connectivity index (χ0) is 21.5. The Morgan fingerprint density at radius 2 is 1.19 bits per heavy atom. The predicted octanol–water partition coefficient (Wildman–Crippen LogP) is 8.45. The van der Waals surface area contributed by atoms with Crippen molar-refractivity contribution in [2.75, 3.05) is 0 Å². The molecule has 0 aliphatic carbocycles. The highest BCUT2D eigenvalue weighted by Crippen LogP contribution is 2.40. The molecule has 6 aromatic rings. The summed E-state index contributed by atoms with van der Waals surface area (Å²) >= 11 is 4.05. The molecule has 2 heterocycles. The first-order chi connectivity index (χ1) is 15.8. The van der Waals surface area contributed by atoms with Gasteiger partial charge in [-0.3, -0.25) is 0 Å². The van der Waals surface area contributed by atoms with Gasteiger partial charge in [-0.1, -0.05) is 84.9 Å². The Bertz CT molecular complexity index is 1570. The van der Waals surface area contributed by atoms with E-state index in [9.17, 15) is 0 Å². The molecule has 0 saturated heterocycles. The molecule has 0 N–H and O–H groups in total. The van der Waals surface area contributed by atoms with Crippen LogP contribution in [0.4, 0.5) is 0 Å². The minimum atomic E-state index is 0.748. The average Bonchev–Trinajstić information content (AvgIpc) is 3.23. The lowest BCUT2D eigenvalue weighted by Gasteiger charge is -2.08. The van der Waals surface area contributed by atoms with E-state index in [2.05, 4.69) is 113 Å². The van der Waals surface area contributed by atoms with Gasteiger partial charge in [-0.2, -0.15) is 0 Å². The van der Waals surface area contributed by atoms with Crippen molar-refractivity contribution in [3.05, 3.63) is 107 Å². The van der Waals surface area contributed by atoms with E-state index in [-0.39, 0.29) is 0 Å². The van der Waals surface area contributed by atoms with Crippen LogP contribution in [0.1, 0.15) is 0 Å². The van der Waals surface area contributed by atoms with Crippen molar-refractivity contribution in [1.82, 2.24) is 9.97 Å². The number of hydrogen-bond donors (Lipinski definition) is 0. The second kappa shape index (κ2) is 8.11. The molecule has 0 saturated carbocycles. The van der Waals surface area contributed by atoms with Crippen molar-refractivity contribution in [2.45, 2.75) is 0 Å². The number of nitrogens with zero attached hydrogens (tertiary/aromatic N) is 2. The minimum Gasteiger partial charge on any atom is -0.223 e. The van der Waals surface area contributed by atoms with Crippen LogP contribution in [0.25, 0.3) is 53.8 Å². The summed E-state index contributed by atoms with van der Waals surface area (Å²) in [5.74, 6) is 0. The number of halogens is 1. The minimum absolute atomic E-state index is 0.748. The first-order valence-electron chi connectivity index (χ1n) is 10.4. The maximum atomic E-state index is 4.69. The summed E-state index contributed by atoms with van der Waals surface area (Å²) in [7, 11) is 0. The van der Waals surface area contributed by atoms with Gasteiger partial charge in [-0.15, -0.1) is 11.3 Å². The normalized spacial score (nSPS) is 11.3. The lowest BCUT2D eigenvalue weighted by Crippen LogP contribution is -1.94. The average molecular weight is 540 g/mol. The summed E-state index contributed by atoms with van der Waals surface area (Å²) in [6.45, 7) is 0. The molecule has 4 aromatic carbocycles. The van der Waals surface area contributed by atoms with Crippen LogP contribution in [0.3, 0.4) is 0 Å². The number of fused-ring (bicyclic) bond motifs is 3. The molecule has 4 heteroatoms. The Morgan fingerprint density at radius 3 is 1.97 bits per heavy atom. The van der Waals surface area contributed by atoms with Crippen molar-refractivity contribution in [2.24, 2.45) is 0 Å². The zero-order valence-electron chi connectivity index (χ0n) is 17.0. The van der Waals surface area contributed by atoms with Crippen LogP contribution >= 0.6 is 33.9 Å². The van der Waals surface area contributed by atoms with Gasteiger partial charge in [-0.05, 0) is 29.3 Å². The first-order valence-corrected chi connectivity index (χ1v) is 12.3. The molecule has 0 aliphatic rings. The fourth-order valence-electron chi connectivity index (χ4n) is 4.16. The van der Waals surface area contributed by atoms with Crippen LogP contribution in [0.2, 0.25) is 0 Å². The summed E-state index contributed by atoms with van der Waals surface area (Å²) in [6.07, 6.45) is 0. The zero-order valence-corrected chi connectivity index (χ0v) is 20.0. The number of aromatic nitrogens is 2. The molecule has 0 radical (unpaired) electrons. The van der Waals surface area contributed by atoms with Gasteiger partial charge < -0.3 is 0 Å². The van der Waals surface area contributed by atoms with Gasteiger partial charge in [0.25, 0.3) is 0 Å². The van der Waals surface area contributed by atoms with Gasteiger partial charge in [0.1, 0.15) is 0 Å². The fourth-order valence-corrected chi connectivity index (χ4v) is 5.81. The predicted molar refractivity (Wildman–Crippen MR) is 144 cm³/mol. The van der Waals surface area contributed by atoms with Crippen LogP contribution in [0.15, 0.2) is 103 Å². The summed E-state index contributed by atoms with van der Waals surface area (Å²) in [5.41, 5.74) is 6.56. The largest absolute Gasteiger partial charge is 0.223 e. The quantitative estimate of drug-likeness (QED) is 0.166. The molecular formula is C28H17IN2S. The van der Waals surface area contributed by atoms with Gasteiger partial charge >= 0.3 is 0 Å². The lowest BCUT2D eigenvalue weighted by atomic mass is 9.98. The van der Waals surface area contributed by atoms with E-state index in [0.717, 1.165) is 26.3 Å². The Morgan fingerprint density at radius 1 is 0.562 bits per heavy atom. The molecule has 0 aliphatic heterocycles. The topological polar surface area (TPSA) is 25.8 Å². The highest BCUT2D eigenvalue weighted by Gasteiger charge is 2.12. The van der Waals surface area contributed by atoms with Crippen LogP contribution in [-0.2, 0) is 0 Å². The van der Waals surface area contributed by atoms with Crippen molar-refractivity contribution < 1.29 is 0 Å². The monoisotopic (exact) mass is 540 g/mol. The maximum absolute atomic E-state index is 4.69. The van der Waals surface area contributed by atoms with E-state index in [0.29, 0.717) is 0 Å². The summed E-state index contributed by atoms with van der Waals surface area (Å²) in [5, 5.41) is 2.66. The fraction of sp³-hybridized carbons (Fsp3) is 0. The van der Waals surface area contributed by atoms with Gasteiger partial charge in [0.2, 0.25) is 0 Å². The molecular weight excluding hydrogens is 523 g/mol. The van der Waals surface area contributed by atoms with Crippen molar-refractivity contribution in [1.29, 1.82) is 0 Å². The molecule has 2 nitrogen and oxygen atoms in total. The summed E-state index contributed by atoms with van der Waals surface area (Å²) in [4.78, 5) is 9.32. The molecule has 0 bridgehead atoms. The second-order valence-electron chi connectivity index (χ2n) is 7.63. The molecule has 0 amide bonds. The standard InChI is InChI=1S/C28H17IN2S/c29-28-30-23(19-7-2-1-3-8-19)17-24(31-28)20-15-13-18(14-16-20)21-10-6-12-26-27(21)22-9-4-5-11-25(22)32-26/h1-17H. The third kappa shape index (κ3) is 3.49. The molecule has 32 heavy (non-hydrogen) atoms. The molecule has 0 atom stereocenters. The molecule has 2 aromatic heterocycles. The Labute approximate surface area is 203 Å². The number of rotatable bonds is 3. The van der Waals surface area contributed by atoms with Crippen molar-refractivity contribution in [3.63, 3.8) is 0 Å². The van der Waals surface area contributed by atoms with Crippen LogP contribution in [0.5, 0.6) is 0 Å². The number of hydrogen-bond acceptors (Lipinski definition) is 3. The van der Waals surface area contributed by atoms with Crippen LogP contribution in [0, 0.1) is 3.83 Å². The Balaban J connectivity index is 1.44. The highest BCUT2D eigenvalue weighted by atomic mass is 127. The molecule has 6 rings (SSSR count). The van der Waals surface area contributed by atoms with Crippen LogP contribution in [-0.4, -0.2) is 9.97 Å². The van der Waals surface area contributed by atoms with E-state index in [1.54, 1.807) is 0 Å². The third-order valence-corrected chi connectivity index (χ3v) is 7.28. The van der Waals surface area contributed by atoms with Crippen LogP contribution < -0.4 is 0 Å². The summed E-state index contributed by atoms with van der Waals surface area (Å²) < 4.78 is 3.40. The molecule has 152 valence electrons. The van der Waals surface area contributed by atoms with Gasteiger partial charge in [0.05, 0.1) is 11.4 Å². The van der Waals surface area contributed by atoms with E-state index < -0.39 is 0 Å². The third-order valence-electron chi connectivity index (χ3n) is 5.66. The Hall–Kier alpha value is -3.09. The van der Waals surface area contributed by atoms with Gasteiger partial charge in [-0.25, -0.2) is 9.97 Å². The van der Waals surface area contributed by atoms with E-state index in [1.165, 1.54) is 31.3 Å². The number of benzene rings is 4. The molecule has 0 spiro atoms. The van der Waals surface area contributed by atoms with E-state index >= 15 is 0 Å². The summed E-state index contributed by atoms with van der Waals surface area (Å²) in [6, 6.07) is 36.3. The lowest BCUT2D eigenvalue weighted by molar-refractivity contribution is 1.12. The smallest absolute Gasteiger partial charge is 0.191 e. The molecule has 0 unspecified atom stereocenters. The second-order valence-corrected chi connectivity index (χ2v) is 9.68. The van der Waals surface area contributed by atoms with E-state index in [4.69, 9.17) is 4.98 Å². The van der Waals surface area contributed by atoms with Gasteiger partial charge in [0, 0.05) is 53.9 Å². The van der Waals surface area contributed by atoms with Crippen molar-refractivity contribution in [3.8, 4) is 33.6 Å². The van der Waals surface area contributed by atoms with Crippen molar-refractivity contribution >= 4 is 54.1 Å². The van der Waals surface area contributed by atoms with Gasteiger partial charge in [0.15, 0.2) is 3.83 Å². The Kier molecular flexibility index (Phi) is 4.97. The van der Waals surface area contributed by atoms with E-state index in [1.807, 2.05) is 29.5 Å².